The predicted octanol–water partition coefficient (Wildman–Crippen LogP) is 5.51. The van der Waals surface area contributed by atoms with Gasteiger partial charge in [0.1, 0.15) is 11.4 Å². The van der Waals surface area contributed by atoms with E-state index < -0.39 is 11.8 Å². The van der Waals surface area contributed by atoms with Gasteiger partial charge in [-0.05, 0) is 68.8 Å². The summed E-state index contributed by atoms with van der Waals surface area (Å²) in [5.41, 5.74) is 5.30. The molecule has 3 rings (SSSR count). The first-order chi connectivity index (χ1) is 18.0. The van der Waals surface area contributed by atoms with Crippen molar-refractivity contribution in [3.8, 4) is 5.75 Å². The van der Waals surface area contributed by atoms with E-state index in [0.29, 0.717) is 17.9 Å². The number of nitrogens with zero attached hydrogens (tertiary/aromatic N) is 2. The number of hydrogen-bond acceptors (Lipinski definition) is 5. The highest BCUT2D eigenvalue weighted by Crippen LogP contribution is 2.19. The lowest BCUT2D eigenvalue weighted by Crippen LogP contribution is -2.33. The third-order valence-corrected chi connectivity index (χ3v) is 5.86. The number of amides is 2. The minimum Gasteiger partial charge on any atom is -0.493 e. The van der Waals surface area contributed by atoms with Gasteiger partial charge in [0.05, 0.1) is 23.4 Å². The number of para-hydroxylation sites is 1. The second-order valence-corrected chi connectivity index (χ2v) is 8.33. The van der Waals surface area contributed by atoms with Crippen LogP contribution < -0.4 is 20.4 Å². The fourth-order valence-corrected chi connectivity index (χ4v) is 3.85. The lowest BCUT2D eigenvalue weighted by molar-refractivity contribution is -0.117. The Morgan fingerprint density at radius 2 is 1.62 bits per heavy atom. The van der Waals surface area contributed by atoms with Crippen LogP contribution in [0.5, 0.6) is 5.75 Å². The number of anilines is 1. The van der Waals surface area contributed by atoms with Crippen LogP contribution in [-0.4, -0.2) is 37.7 Å². The van der Waals surface area contributed by atoms with E-state index in [-0.39, 0.29) is 16.3 Å². The van der Waals surface area contributed by atoms with Gasteiger partial charge in [0.2, 0.25) is 0 Å². The Labute approximate surface area is 222 Å². The van der Waals surface area contributed by atoms with Crippen molar-refractivity contribution in [3.63, 3.8) is 0 Å². The summed E-state index contributed by atoms with van der Waals surface area (Å²) in [5, 5.41) is 7.04. The zero-order valence-corrected chi connectivity index (χ0v) is 22.0. The second kappa shape index (κ2) is 13.8. The van der Waals surface area contributed by atoms with E-state index in [4.69, 9.17) is 16.3 Å². The van der Waals surface area contributed by atoms with E-state index in [1.165, 1.54) is 6.21 Å². The molecule has 37 heavy (non-hydrogen) atoms. The smallest absolute Gasteiger partial charge is 0.287 e. The molecule has 0 bridgehead atoms. The lowest BCUT2D eigenvalue weighted by Gasteiger charge is -2.21. The molecule has 192 valence electrons. The van der Waals surface area contributed by atoms with Crippen molar-refractivity contribution in [2.24, 2.45) is 5.10 Å². The molecule has 0 saturated heterocycles. The van der Waals surface area contributed by atoms with Gasteiger partial charge in [0.25, 0.3) is 11.8 Å². The van der Waals surface area contributed by atoms with Crippen LogP contribution in [0.3, 0.4) is 0 Å². The van der Waals surface area contributed by atoms with Gasteiger partial charge in [-0.2, -0.15) is 5.10 Å². The molecule has 7 nitrogen and oxygen atoms in total. The third kappa shape index (κ3) is 7.69. The molecular weight excluding hydrogens is 488 g/mol. The van der Waals surface area contributed by atoms with E-state index in [2.05, 4.69) is 34.6 Å². The van der Waals surface area contributed by atoms with Crippen LogP contribution in [0, 0.1) is 0 Å². The standard InChI is InChI=1S/C29H31ClN4O3/c1-4-34(5-2)23-17-15-21(16-18-23)19-26(32-28(35)24-12-8-9-13-25(24)30)29(36)33-31-20-22-11-7-10-14-27(22)37-6-3/h7-20H,4-6H2,1-3H3,(H,32,35)(H,33,36)/b26-19+,31-20?. The molecule has 8 heteroatoms. The predicted molar refractivity (Wildman–Crippen MR) is 150 cm³/mol. The molecule has 0 heterocycles. The Bertz CT molecular complexity index is 1270. The quantitative estimate of drug-likeness (QED) is 0.199. The van der Waals surface area contributed by atoms with Crippen LogP contribution in [0.25, 0.3) is 6.08 Å². The van der Waals surface area contributed by atoms with E-state index in [1.807, 2.05) is 55.5 Å². The van der Waals surface area contributed by atoms with E-state index in [0.717, 1.165) is 24.3 Å². The number of benzene rings is 3. The third-order valence-electron chi connectivity index (χ3n) is 5.53. The summed E-state index contributed by atoms with van der Waals surface area (Å²) >= 11 is 6.19. The molecule has 0 unspecified atom stereocenters. The Morgan fingerprint density at radius 3 is 2.30 bits per heavy atom. The van der Waals surface area contributed by atoms with Crippen LogP contribution in [-0.2, 0) is 4.79 Å². The first-order valence-electron chi connectivity index (χ1n) is 12.1. The summed E-state index contributed by atoms with van der Waals surface area (Å²) in [7, 11) is 0. The average Bonchev–Trinajstić information content (AvgIpc) is 2.91. The van der Waals surface area contributed by atoms with Crippen LogP contribution in [0.1, 0.15) is 42.3 Å². The second-order valence-electron chi connectivity index (χ2n) is 7.93. The van der Waals surface area contributed by atoms with Crippen LogP contribution in [0.2, 0.25) is 5.02 Å². The van der Waals surface area contributed by atoms with E-state index in [9.17, 15) is 9.59 Å². The molecule has 0 aromatic heterocycles. The van der Waals surface area contributed by atoms with Gasteiger partial charge in [-0.15, -0.1) is 0 Å². The minimum atomic E-state index is -0.585. The zero-order chi connectivity index (χ0) is 26.6. The van der Waals surface area contributed by atoms with Crippen LogP contribution in [0.15, 0.2) is 83.6 Å². The maximum Gasteiger partial charge on any atom is 0.287 e. The fourth-order valence-electron chi connectivity index (χ4n) is 3.62. The molecule has 2 N–H and O–H groups in total. The summed E-state index contributed by atoms with van der Waals surface area (Å²) in [5.74, 6) is -0.435. The van der Waals surface area contributed by atoms with Gasteiger partial charge in [-0.25, -0.2) is 5.43 Å². The number of hydrazone groups is 1. The molecule has 0 aliphatic heterocycles. The molecular formula is C29H31ClN4O3. The number of nitrogens with one attached hydrogen (secondary N) is 2. The first-order valence-corrected chi connectivity index (χ1v) is 12.5. The molecule has 2 amide bonds. The normalized spacial score (nSPS) is 11.3. The summed E-state index contributed by atoms with van der Waals surface area (Å²) in [4.78, 5) is 28.2. The highest BCUT2D eigenvalue weighted by atomic mass is 35.5. The average molecular weight is 519 g/mol. The van der Waals surface area contributed by atoms with Crippen molar-refractivity contribution in [1.82, 2.24) is 10.7 Å². The summed E-state index contributed by atoms with van der Waals surface area (Å²) < 4.78 is 5.59. The van der Waals surface area contributed by atoms with Crippen LogP contribution >= 0.6 is 11.6 Å². The van der Waals surface area contributed by atoms with E-state index >= 15 is 0 Å². The van der Waals surface area contributed by atoms with Gasteiger partial charge in [0, 0.05) is 24.3 Å². The molecule has 3 aromatic rings. The molecule has 0 atom stereocenters. The number of ether oxygens (including phenoxy) is 1. The number of carbonyl (C=O) groups is 2. The zero-order valence-electron chi connectivity index (χ0n) is 21.2. The van der Waals surface area contributed by atoms with Crippen molar-refractivity contribution >= 4 is 41.4 Å². The SMILES string of the molecule is CCOc1ccccc1C=NNC(=O)/C(=C\c1ccc(N(CC)CC)cc1)NC(=O)c1ccccc1Cl. The molecule has 0 saturated carbocycles. The lowest BCUT2D eigenvalue weighted by atomic mass is 10.1. The van der Waals surface area contributed by atoms with Crippen molar-refractivity contribution in [2.75, 3.05) is 24.6 Å². The maximum atomic E-state index is 13.1. The van der Waals surface area contributed by atoms with Gasteiger partial charge in [0.15, 0.2) is 0 Å². The Balaban J connectivity index is 1.85. The summed E-state index contributed by atoms with van der Waals surface area (Å²) in [6.45, 7) is 8.36. The summed E-state index contributed by atoms with van der Waals surface area (Å²) in [6, 6.07) is 21.7. The van der Waals surface area contributed by atoms with Gasteiger partial charge in [-0.1, -0.05) is 48.0 Å². The fraction of sp³-hybridized carbons (Fsp3) is 0.207. The maximum absolute atomic E-state index is 13.1. The first kappa shape index (κ1) is 27.5. The highest BCUT2D eigenvalue weighted by molar-refractivity contribution is 6.34. The molecule has 0 aliphatic rings. The van der Waals surface area contributed by atoms with Crippen molar-refractivity contribution in [3.05, 3.63) is 100 Å². The number of hydrogen-bond donors (Lipinski definition) is 2. The number of carbonyl (C=O) groups excluding carboxylic acids is 2. The van der Waals surface area contributed by atoms with E-state index in [1.54, 1.807) is 30.3 Å². The van der Waals surface area contributed by atoms with Gasteiger partial charge in [-0.3, -0.25) is 9.59 Å². The Hall–Kier alpha value is -4.10. The Morgan fingerprint density at radius 1 is 0.946 bits per heavy atom. The molecule has 0 radical (unpaired) electrons. The van der Waals surface area contributed by atoms with Crippen molar-refractivity contribution < 1.29 is 14.3 Å². The molecule has 3 aromatic carbocycles. The van der Waals surface area contributed by atoms with Crippen molar-refractivity contribution in [2.45, 2.75) is 20.8 Å². The minimum absolute atomic E-state index is 0.0238. The monoisotopic (exact) mass is 518 g/mol. The van der Waals surface area contributed by atoms with Crippen molar-refractivity contribution in [1.29, 1.82) is 0 Å². The van der Waals surface area contributed by atoms with Crippen LogP contribution in [0.4, 0.5) is 5.69 Å². The van der Waals surface area contributed by atoms with Gasteiger partial charge >= 0.3 is 0 Å². The topological polar surface area (TPSA) is 83.0 Å². The van der Waals surface area contributed by atoms with Gasteiger partial charge < -0.3 is 15.0 Å². The molecule has 0 spiro atoms. The molecule has 0 aliphatic carbocycles. The number of rotatable bonds is 11. The Kier molecular flexibility index (Phi) is 10.3. The summed E-state index contributed by atoms with van der Waals surface area (Å²) in [6.07, 6.45) is 3.09. The largest absolute Gasteiger partial charge is 0.493 e. The highest BCUT2D eigenvalue weighted by Gasteiger charge is 2.16. The molecule has 0 fully saturated rings. The number of halogens is 1.